The van der Waals surface area contributed by atoms with Crippen LogP contribution in [0.4, 0.5) is 11.5 Å². The number of hydrogen-bond donors (Lipinski definition) is 3. The summed E-state index contributed by atoms with van der Waals surface area (Å²) in [6, 6.07) is 7.34. The second-order valence-electron chi connectivity index (χ2n) is 4.31. The first-order valence-electron chi connectivity index (χ1n) is 5.86. The van der Waals surface area contributed by atoms with Crippen LogP contribution in [0.3, 0.4) is 0 Å². The quantitative estimate of drug-likeness (QED) is 0.798. The Bertz CT molecular complexity index is 608. The Morgan fingerprint density at radius 3 is 2.68 bits per heavy atom. The van der Waals surface area contributed by atoms with Crippen LogP contribution in [0.2, 0.25) is 0 Å². The van der Waals surface area contributed by atoms with Gasteiger partial charge in [-0.25, -0.2) is 4.98 Å². The van der Waals surface area contributed by atoms with E-state index in [1.54, 1.807) is 17.4 Å². The van der Waals surface area contributed by atoms with Crippen molar-refractivity contribution in [1.82, 2.24) is 4.98 Å². The van der Waals surface area contributed by atoms with Crippen molar-refractivity contribution in [1.29, 1.82) is 0 Å². The monoisotopic (exact) mass is 276 g/mol. The maximum Gasteiger partial charge on any atom is 0.267 e. The normalized spacial score (nSPS) is 12.1. The van der Waals surface area contributed by atoms with Gasteiger partial charge >= 0.3 is 0 Å². The van der Waals surface area contributed by atoms with E-state index in [0.717, 1.165) is 0 Å². The summed E-state index contributed by atoms with van der Waals surface area (Å²) in [5, 5.41) is 3.20. The maximum absolute atomic E-state index is 11.1. The molecule has 0 radical (unpaired) electrons. The Labute approximate surface area is 115 Å². The molecule has 2 heterocycles. The number of rotatable bonds is 4. The number of carbonyl (C=O) groups is 1. The topological polar surface area (TPSA) is 94.0 Å². The van der Waals surface area contributed by atoms with Crippen molar-refractivity contribution in [2.75, 3.05) is 11.1 Å². The number of thiophene rings is 1. The first-order chi connectivity index (χ1) is 8.97. The number of anilines is 2. The Morgan fingerprint density at radius 2 is 2.11 bits per heavy atom. The molecule has 0 aliphatic heterocycles. The molecule has 0 saturated heterocycles. The van der Waals surface area contributed by atoms with Crippen LogP contribution in [0.5, 0.6) is 0 Å². The number of hydrogen-bond acceptors (Lipinski definition) is 5. The van der Waals surface area contributed by atoms with Gasteiger partial charge in [0.15, 0.2) is 5.82 Å². The van der Waals surface area contributed by atoms with Crippen LogP contribution in [0.15, 0.2) is 24.3 Å². The second kappa shape index (κ2) is 5.27. The van der Waals surface area contributed by atoms with Crippen molar-refractivity contribution >= 4 is 28.7 Å². The lowest BCUT2D eigenvalue weighted by molar-refractivity contribution is 0.0995. The number of nitrogens with zero attached hydrogens (tertiary/aromatic N) is 1. The summed E-state index contributed by atoms with van der Waals surface area (Å²) in [6.07, 6.45) is 0. The van der Waals surface area contributed by atoms with Gasteiger partial charge in [0.25, 0.3) is 5.91 Å². The van der Waals surface area contributed by atoms with Crippen LogP contribution < -0.4 is 16.8 Å². The Morgan fingerprint density at radius 1 is 1.37 bits per heavy atom. The summed E-state index contributed by atoms with van der Waals surface area (Å²) >= 11 is 1.71. The average molecular weight is 276 g/mol. The first kappa shape index (κ1) is 13.4. The summed E-state index contributed by atoms with van der Waals surface area (Å²) in [7, 11) is 0. The third kappa shape index (κ3) is 3.03. The molecule has 1 unspecified atom stereocenters. The fraction of sp³-hybridized carbons (Fsp3) is 0.231. The lowest BCUT2D eigenvalue weighted by Gasteiger charge is -2.15. The van der Waals surface area contributed by atoms with Crippen LogP contribution in [-0.2, 0) is 0 Å². The molecule has 5 N–H and O–H groups in total. The number of carbonyl (C=O) groups excluding carboxylic acids is 1. The number of primary amides is 1. The predicted octanol–water partition coefficient (Wildman–Crippen LogP) is 2.31. The van der Waals surface area contributed by atoms with E-state index >= 15 is 0 Å². The molecular formula is C13H16N4OS. The van der Waals surface area contributed by atoms with Gasteiger partial charge in [0.05, 0.1) is 11.7 Å². The lowest BCUT2D eigenvalue weighted by atomic mass is 10.2. The molecule has 6 heteroatoms. The van der Waals surface area contributed by atoms with E-state index < -0.39 is 5.91 Å². The van der Waals surface area contributed by atoms with Gasteiger partial charge in [-0.15, -0.1) is 11.3 Å². The molecule has 1 amide bonds. The largest absolute Gasteiger partial charge is 0.396 e. The highest BCUT2D eigenvalue weighted by Crippen LogP contribution is 2.27. The molecule has 19 heavy (non-hydrogen) atoms. The van der Waals surface area contributed by atoms with Crippen LogP contribution in [0, 0.1) is 6.92 Å². The SMILES string of the molecule is Cc1ccc(C(C)Nc2nc(C(N)=O)ccc2N)s1. The average Bonchev–Trinajstić information content (AvgIpc) is 2.78. The van der Waals surface area contributed by atoms with Gasteiger partial charge in [-0.3, -0.25) is 4.79 Å². The fourth-order valence-electron chi connectivity index (χ4n) is 1.69. The summed E-state index contributed by atoms with van der Waals surface area (Å²) in [6.45, 7) is 4.07. The van der Waals surface area contributed by atoms with Crippen molar-refractivity contribution in [3.63, 3.8) is 0 Å². The highest BCUT2D eigenvalue weighted by Gasteiger charge is 2.12. The van der Waals surface area contributed by atoms with Crippen LogP contribution >= 0.6 is 11.3 Å². The molecule has 2 aromatic heterocycles. The van der Waals surface area contributed by atoms with Gasteiger partial charge in [0.2, 0.25) is 0 Å². The molecule has 2 aromatic rings. The summed E-state index contributed by atoms with van der Waals surface area (Å²) < 4.78 is 0. The molecule has 5 nitrogen and oxygen atoms in total. The minimum absolute atomic E-state index is 0.0663. The zero-order valence-corrected chi connectivity index (χ0v) is 11.6. The summed E-state index contributed by atoms with van der Waals surface area (Å²) in [5.41, 5.74) is 11.7. The molecule has 0 spiro atoms. The fourth-order valence-corrected chi connectivity index (χ4v) is 2.56. The molecule has 0 aliphatic rings. The van der Waals surface area contributed by atoms with E-state index in [-0.39, 0.29) is 11.7 Å². The van der Waals surface area contributed by atoms with E-state index in [2.05, 4.69) is 29.4 Å². The minimum Gasteiger partial charge on any atom is -0.396 e. The van der Waals surface area contributed by atoms with Crippen molar-refractivity contribution in [3.05, 3.63) is 39.7 Å². The van der Waals surface area contributed by atoms with E-state index in [1.807, 2.05) is 6.92 Å². The Kier molecular flexibility index (Phi) is 3.71. The summed E-state index contributed by atoms with van der Waals surface area (Å²) in [4.78, 5) is 17.7. The lowest BCUT2D eigenvalue weighted by Crippen LogP contribution is -2.16. The van der Waals surface area contributed by atoms with Gasteiger partial charge in [-0.2, -0.15) is 0 Å². The maximum atomic E-state index is 11.1. The van der Waals surface area contributed by atoms with Gasteiger partial charge in [0, 0.05) is 9.75 Å². The van der Waals surface area contributed by atoms with Crippen molar-refractivity contribution in [2.45, 2.75) is 19.9 Å². The molecule has 2 rings (SSSR count). The number of nitrogen functional groups attached to an aromatic ring is 1. The molecule has 1 atom stereocenters. The third-order valence-corrected chi connectivity index (χ3v) is 3.90. The number of nitrogens with two attached hydrogens (primary N) is 2. The zero-order chi connectivity index (χ0) is 14.0. The molecule has 0 fully saturated rings. The second-order valence-corrected chi connectivity index (χ2v) is 5.63. The number of amides is 1. The Hall–Kier alpha value is -2.08. The van der Waals surface area contributed by atoms with E-state index in [4.69, 9.17) is 11.5 Å². The van der Waals surface area contributed by atoms with Gasteiger partial charge in [0.1, 0.15) is 5.69 Å². The van der Waals surface area contributed by atoms with Crippen molar-refractivity contribution in [3.8, 4) is 0 Å². The third-order valence-electron chi connectivity index (χ3n) is 2.72. The van der Waals surface area contributed by atoms with E-state index in [9.17, 15) is 4.79 Å². The number of aromatic nitrogens is 1. The molecule has 0 aromatic carbocycles. The van der Waals surface area contributed by atoms with Gasteiger partial charge < -0.3 is 16.8 Å². The highest BCUT2D eigenvalue weighted by atomic mass is 32.1. The molecular weight excluding hydrogens is 260 g/mol. The van der Waals surface area contributed by atoms with Crippen molar-refractivity contribution in [2.24, 2.45) is 5.73 Å². The van der Waals surface area contributed by atoms with Crippen molar-refractivity contribution < 1.29 is 4.79 Å². The number of nitrogens with one attached hydrogen (secondary N) is 1. The van der Waals surface area contributed by atoms with Crippen LogP contribution in [-0.4, -0.2) is 10.9 Å². The van der Waals surface area contributed by atoms with Gasteiger partial charge in [-0.1, -0.05) is 0 Å². The predicted molar refractivity (Wildman–Crippen MR) is 78.3 cm³/mol. The minimum atomic E-state index is -0.567. The van der Waals surface area contributed by atoms with E-state index in [1.165, 1.54) is 15.8 Å². The summed E-state index contributed by atoms with van der Waals surface area (Å²) in [5.74, 6) is -0.0856. The zero-order valence-electron chi connectivity index (χ0n) is 10.8. The molecule has 0 saturated carbocycles. The van der Waals surface area contributed by atoms with Gasteiger partial charge in [-0.05, 0) is 38.1 Å². The number of aryl methyl sites for hydroxylation is 1. The van der Waals surface area contributed by atoms with E-state index in [0.29, 0.717) is 11.5 Å². The molecule has 100 valence electrons. The first-order valence-corrected chi connectivity index (χ1v) is 6.68. The standard InChI is InChI=1S/C13H16N4OS/c1-7-3-6-11(19-7)8(2)16-13-9(14)4-5-10(17-13)12(15)18/h3-6,8H,14H2,1-2H3,(H2,15,18)(H,16,17). The van der Waals surface area contributed by atoms with Crippen LogP contribution in [0.25, 0.3) is 0 Å². The number of pyridine rings is 1. The Balaban J connectivity index is 2.22. The van der Waals surface area contributed by atoms with Crippen LogP contribution in [0.1, 0.15) is 33.2 Å². The smallest absolute Gasteiger partial charge is 0.267 e. The highest BCUT2D eigenvalue weighted by molar-refractivity contribution is 7.12. The molecule has 0 aliphatic carbocycles. The molecule has 0 bridgehead atoms.